The largest absolute Gasteiger partial charge is 0.497 e. The van der Waals surface area contributed by atoms with Gasteiger partial charge in [0.2, 0.25) is 0 Å². The molecule has 24 heavy (non-hydrogen) atoms. The highest BCUT2D eigenvalue weighted by molar-refractivity contribution is 5.94. The van der Waals surface area contributed by atoms with E-state index in [4.69, 9.17) is 10.00 Å². The summed E-state index contributed by atoms with van der Waals surface area (Å²) >= 11 is 0. The number of methoxy groups -OCH3 is 1. The molecule has 7 heteroatoms. The highest BCUT2D eigenvalue weighted by Gasteiger charge is 2.23. The van der Waals surface area contributed by atoms with Crippen LogP contribution in [-0.4, -0.2) is 54.1 Å². The average molecular weight is 323 g/mol. The van der Waals surface area contributed by atoms with Gasteiger partial charge in [0.25, 0.3) is 5.91 Å². The molecule has 0 unspecified atom stereocenters. The molecule has 2 aromatic rings. The number of carbonyl (C=O) groups is 1. The molecular formula is C17H17N5O2. The fraction of sp³-hybridized carbons (Fsp3) is 0.294. The van der Waals surface area contributed by atoms with Crippen molar-refractivity contribution in [1.29, 1.82) is 5.26 Å². The van der Waals surface area contributed by atoms with E-state index < -0.39 is 0 Å². The first-order chi connectivity index (χ1) is 11.7. The average Bonchev–Trinajstić information content (AvgIpc) is 2.67. The molecule has 1 saturated heterocycles. The van der Waals surface area contributed by atoms with Gasteiger partial charge in [0.1, 0.15) is 17.6 Å². The summed E-state index contributed by atoms with van der Waals surface area (Å²) in [4.78, 5) is 24.7. The number of amides is 1. The number of carbonyl (C=O) groups excluding carboxylic acids is 1. The lowest BCUT2D eigenvalue weighted by Gasteiger charge is -2.35. The van der Waals surface area contributed by atoms with Crippen molar-refractivity contribution in [3.63, 3.8) is 0 Å². The number of piperazine rings is 1. The second-order valence-electron chi connectivity index (χ2n) is 5.38. The van der Waals surface area contributed by atoms with Crippen LogP contribution in [-0.2, 0) is 0 Å². The molecule has 122 valence electrons. The van der Waals surface area contributed by atoms with Crippen molar-refractivity contribution in [1.82, 2.24) is 14.9 Å². The summed E-state index contributed by atoms with van der Waals surface area (Å²) in [6, 6.07) is 9.13. The molecule has 1 aromatic carbocycles. The van der Waals surface area contributed by atoms with Crippen LogP contribution in [0.1, 0.15) is 16.1 Å². The lowest BCUT2D eigenvalue weighted by Crippen LogP contribution is -2.49. The Hall–Kier alpha value is -3.14. The number of anilines is 1. The Kier molecular flexibility index (Phi) is 4.57. The van der Waals surface area contributed by atoms with E-state index >= 15 is 0 Å². The van der Waals surface area contributed by atoms with Crippen molar-refractivity contribution in [3.05, 3.63) is 47.9 Å². The fourth-order valence-electron chi connectivity index (χ4n) is 2.62. The topological polar surface area (TPSA) is 82.4 Å². The Morgan fingerprint density at radius 1 is 1.21 bits per heavy atom. The maximum atomic E-state index is 12.6. The minimum atomic E-state index is -0.000498. The summed E-state index contributed by atoms with van der Waals surface area (Å²) in [5, 5.41) is 8.76. The van der Waals surface area contributed by atoms with E-state index in [1.54, 1.807) is 25.4 Å². The van der Waals surface area contributed by atoms with E-state index in [2.05, 4.69) is 14.9 Å². The van der Waals surface area contributed by atoms with Gasteiger partial charge >= 0.3 is 0 Å². The van der Waals surface area contributed by atoms with Crippen LogP contribution >= 0.6 is 0 Å². The zero-order chi connectivity index (χ0) is 16.9. The summed E-state index contributed by atoms with van der Waals surface area (Å²) in [5.41, 5.74) is 0.923. The van der Waals surface area contributed by atoms with Crippen LogP contribution in [0.5, 0.6) is 5.75 Å². The van der Waals surface area contributed by atoms with Gasteiger partial charge in [-0.2, -0.15) is 5.26 Å². The summed E-state index contributed by atoms with van der Waals surface area (Å²) in [6.07, 6.45) is 3.06. The van der Waals surface area contributed by atoms with Crippen molar-refractivity contribution in [2.24, 2.45) is 0 Å². The van der Waals surface area contributed by atoms with Gasteiger partial charge in [-0.1, -0.05) is 6.07 Å². The second kappa shape index (κ2) is 6.96. The highest BCUT2D eigenvalue weighted by Crippen LogP contribution is 2.17. The molecular weight excluding hydrogens is 306 g/mol. The Morgan fingerprint density at radius 3 is 2.62 bits per heavy atom. The van der Waals surface area contributed by atoms with E-state index in [0.717, 1.165) is 5.82 Å². The van der Waals surface area contributed by atoms with Gasteiger partial charge in [-0.15, -0.1) is 0 Å². The summed E-state index contributed by atoms with van der Waals surface area (Å²) in [6.45, 7) is 2.57. The minimum absolute atomic E-state index is 0.000498. The van der Waals surface area contributed by atoms with Gasteiger partial charge in [-0.05, 0) is 18.2 Å². The molecule has 1 aromatic heterocycles. The Morgan fingerprint density at radius 2 is 2.00 bits per heavy atom. The van der Waals surface area contributed by atoms with Crippen LogP contribution in [0.2, 0.25) is 0 Å². The first kappa shape index (κ1) is 15.7. The third-order valence-corrected chi connectivity index (χ3v) is 3.96. The molecule has 0 bridgehead atoms. The van der Waals surface area contributed by atoms with Crippen LogP contribution in [0.4, 0.5) is 5.82 Å². The third-order valence-electron chi connectivity index (χ3n) is 3.96. The zero-order valence-electron chi connectivity index (χ0n) is 13.3. The normalized spacial score (nSPS) is 14.2. The van der Waals surface area contributed by atoms with Crippen molar-refractivity contribution >= 4 is 11.7 Å². The van der Waals surface area contributed by atoms with Crippen LogP contribution in [0.25, 0.3) is 0 Å². The number of nitriles is 1. The first-order valence-corrected chi connectivity index (χ1v) is 7.61. The molecule has 1 amide bonds. The number of nitrogens with zero attached hydrogens (tertiary/aromatic N) is 5. The lowest BCUT2D eigenvalue weighted by molar-refractivity contribution is 0.0746. The molecule has 0 N–H and O–H groups in total. The molecule has 1 aliphatic rings. The predicted molar refractivity (Wildman–Crippen MR) is 87.9 cm³/mol. The third kappa shape index (κ3) is 3.27. The number of hydrogen-bond acceptors (Lipinski definition) is 6. The molecule has 0 aliphatic carbocycles. The molecule has 0 spiro atoms. The monoisotopic (exact) mass is 323 g/mol. The van der Waals surface area contributed by atoms with Gasteiger partial charge in [-0.25, -0.2) is 9.97 Å². The Bertz CT molecular complexity index is 761. The Balaban J connectivity index is 1.63. The van der Waals surface area contributed by atoms with Crippen molar-refractivity contribution in [2.45, 2.75) is 0 Å². The quantitative estimate of drug-likeness (QED) is 0.847. The first-order valence-electron chi connectivity index (χ1n) is 7.61. The van der Waals surface area contributed by atoms with Gasteiger partial charge in [0.15, 0.2) is 5.69 Å². The predicted octanol–water partition coefficient (Wildman–Crippen LogP) is 1.32. The molecule has 0 atom stereocenters. The van der Waals surface area contributed by atoms with Crippen LogP contribution in [0, 0.1) is 11.3 Å². The van der Waals surface area contributed by atoms with Crippen LogP contribution < -0.4 is 9.64 Å². The standard InChI is InChI=1S/C17H17N5O2/c1-24-15-4-2-3-13(9-15)17(23)22-7-5-21(6-8-22)16-12-19-14(10-18)11-20-16/h2-4,9,11-12H,5-8H2,1H3. The van der Waals surface area contributed by atoms with Crippen LogP contribution in [0.3, 0.4) is 0 Å². The number of ether oxygens (including phenoxy) is 1. The van der Waals surface area contributed by atoms with E-state index in [9.17, 15) is 4.79 Å². The SMILES string of the molecule is COc1cccc(C(=O)N2CCN(c3cnc(C#N)cn3)CC2)c1. The molecule has 1 aliphatic heterocycles. The number of benzene rings is 1. The van der Waals surface area contributed by atoms with Crippen molar-refractivity contribution < 1.29 is 9.53 Å². The minimum Gasteiger partial charge on any atom is -0.497 e. The van der Waals surface area contributed by atoms with Crippen molar-refractivity contribution in [3.8, 4) is 11.8 Å². The Labute approximate surface area is 140 Å². The molecule has 3 rings (SSSR count). The van der Waals surface area contributed by atoms with E-state index in [1.807, 2.05) is 23.1 Å². The van der Waals surface area contributed by atoms with Gasteiger partial charge in [0, 0.05) is 31.7 Å². The van der Waals surface area contributed by atoms with Crippen LogP contribution in [0.15, 0.2) is 36.7 Å². The zero-order valence-corrected chi connectivity index (χ0v) is 13.3. The van der Waals surface area contributed by atoms with Gasteiger partial charge < -0.3 is 14.5 Å². The molecule has 0 saturated carbocycles. The van der Waals surface area contributed by atoms with Gasteiger partial charge in [-0.3, -0.25) is 4.79 Å². The maximum Gasteiger partial charge on any atom is 0.254 e. The van der Waals surface area contributed by atoms with E-state index in [-0.39, 0.29) is 5.91 Å². The lowest BCUT2D eigenvalue weighted by atomic mass is 10.1. The summed E-state index contributed by atoms with van der Waals surface area (Å²) in [7, 11) is 1.58. The highest BCUT2D eigenvalue weighted by atomic mass is 16.5. The number of aromatic nitrogens is 2. The number of hydrogen-bond donors (Lipinski definition) is 0. The van der Waals surface area contributed by atoms with E-state index in [0.29, 0.717) is 43.2 Å². The molecule has 7 nitrogen and oxygen atoms in total. The molecule has 1 fully saturated rings. The fourth-order valence-corrected chi connectivity index (χ4v) is 2.62. The number of rotatable bonds is 3. The summed E-state index contributed by atoms with van der Waals surface area (Å²) in [5.74, 6) is 1.40. The van der Waals surface area contributed by atoms with Crippen molar-refractivity contribution in [2.75, 3.05) is 38.2 Å². The van der Waals surface area contributed by atoms with E-state index in [1.165, 1.54) is 6.20 Å². The summed E-state index contributed by atoms with van der Waals surface area (Å²) < 4.78 is 5.17. The molecule has 0 radical (unpaired) electrons. The smallest absolute Gasteiger partial charge is 0.254 e. The second-order valence-corrected chi connectivity index (χ2v) is 5.38. The molecule has 2 heterocycles. The maximum absolute atomic E-state index is 12.6. The van der Waals surface area contributed by atoms with Gasteiger partial charge in [0.05, 0.1) is 19.5 Å².